The molecule has 0 saturated heterocycles. The lowest BCUT2D eigenvalue weighted by atomic mass is 10.2. The fraction of sp³-hybridized carbons (Fsp3) is 0.412. The molecule has 1 amide bonds. The van der Waals surface area contributed by atoms with Crippen LogP contribution in [0, 0.1) is 0 Å². The topological polar surface area (TPSA) is 63.7 Å². The number of anilines is 1. The molecule has 0 spiro atoms. The van der Waals surface area contributed by atoms with Crippen LogP contribution in [0.2, 0.25) is 0 Å². The van der Waals surface area contributed by atoms with Crippen LogP contribution in [0.4, 0.5) is 5.69 Å². The third-order valence-corrected chi connectivity index (χ3v) is 5.12. The summed E-state index contributed by atoms with van der Waals surface area (Å²) >= 11 is 1.69. The molecule has 1 aliphatic heterocycles. The fourth-order valence-corrected chi connectivity index (χ4v) is 3.31. The molecular weight excluding hydrogens is 326 g/mol. The number of nitrogens with one attached hydrogen (secondary N) is 1. The van der Waals surface area contributed by atoms with Gasteiger partial charge in [-0.1, -0.05) is 6.92 Å². The number of ether oxygens (including phenoxy) is 2. The van der Waals surface area contributed by atoms with Gasteiger partial charge in [0.2, 0.25) is 12.7 Å². The second kappa shape index (κ2) is 7.19. The van der Waals surface area contributed by atoms with Crippen molar-refractivity contribution in [1.29, 1.82) is 0 Å². The van der Waals surface area contributed by atoms with Crippen molar-refractivity contribution in [2.45, 2.75) is 32.9 Å². The van der Waals surface area contributed by atoms with E-state index >= 15 is 0 Å². The van der Waals surface area contributed by atoms with Gasteiger partial charge in [-0.3, -0.25) is 9.69 Å². The molecule has 0 radical (unpaired) electrons. The predicted octanol–water partition coefficient (Wildman–Crippen LogP) is 2.89. The molecule has 1 atom stereocenters. The maximum absolute atomic E-state index is 12.5. The quantitative estimate of drug-likeness (QED) is 0.870. The van der Waals surface area contributed by atoms with E-state index in [1.807, 2.05) is 31.1 Å². The summed E-state index contributed by atoms with van der Waals surface area (Å²) in [5, 5.41) is 4.05. The van der Waals surface area contributed by atoms with Gasteiger partial charge >= 0.3 is 0 Å². The van der Waals surface area contributed by atoms with Crippen LogP contribution in [0.3, 0.4) is 0 Å². The first-order valence-corrected chi connectivity index (χ1v) is 8.72. The summed E-state index contributed by atoms with van der Waals surface area (Å²) in [7, 11) is 1.94. The number of rotatable bonds is 6. The number of aryl methyl sites for hydroxylation is 1. The molecule has 2 aromatic rings. The van der Waals surface area contributed by atoms with Gasteiger partial charge in [0, 0.05) is 29.4 Å². The van der Waals surface area contributed by atoms with Crippen LogP contribution in [0.5, 0.6) is 11.5 Å². The number of hydrogen-bond donors (Lipinski definition) is 1. The molecule has 1 aromatic heterocycles. The number of fused-ring (bicyclic) bond motifs is 1. The lowest BCUT2D eigenvalue weighted by Gasteiger charge is -2.23. The highest BCUT2D eigenvalue weighted by Crippen LogP contribution is 2.34. The van der Waals surface area contributed by atoms with Crippen molar-refractivity contribution in [3.05, 3.63) is 34.3 Å². The lowest BCUT2D eigenvalue weighted by Crippen LogP contribution is -2.39. The van der Waals surface area contributed by atoms with E-state index in [4.69, 9.17) is 9.47 Å². The first-order chi connectivity index (χ1) is 11.6. The standard InChI is InChI=1S/C17H21N3O3S/c1-4-16-18-8-13(24-16)9-20(3)11(2)17(21)19-12-5-6-14-15(7-12)23-10-22-14/h5-8,11H,4,9-10H2,1-3H3,(H,19,21). The van der Waals surface area contributed by atoms with E-state index in [1.54, 1.807) is 23.5 Å². The molecule has 0 saturated carbocycles. The number of carbonyl (C=O) groups excluding carboxylic acids is 1. The first-order valence-electron chi connectivity index (χ1n) is 7.91. The Hall–Kier alpha value is -2.12. The van der Waals surface area contributed by atoms with Gasteiger partial charge in [0.15, 0.2) is 11.5 Å². The Morgan fingerprint density at radius 2 is 2.21 bits per heavy atom. The normalized spacial score (nSPS) is 14.0. The Morgan fingerprint density at radius 3 is 2.96 bits per heavy atom. The molecule has 0 fully saturated rings. The van der Waals surface area contributed by atoms with Gasteiger partial charge in [0.05, 0.1) is 11.0 Å². The largest absolute Gasteiger partial charge is 0.454 e. The minimum Gasteiger partial charge on any atom is -0.454 e. The number of thiazole rings is 1. The van der Waals surface area contributed by atoms with Crippen molar-refractivity contribution in [1.82, 2.24) is 9.88 Å². The summed E-state index contributed by atoms with van der Waals surface area (Å²) in [6.07, 6.45) is 2.83. The Bertz CT molecular complexity index is 732. The van der Waals surface area contributed by atoms with Gasteiger partial charge in [-0.15, -0.1) is 11.3 Å². The van der Waals surface area contributed by atoms with Crippen LogP contribution >= 0.6 is 11.3 Å². The van der Waals surface area contributed by atoms with E-state index in [0.29, 0.717) is 23.7 Å². The monoisotopic (exact) mass is 347 g/mol. The third-order valence-electron chi connectivity index (χ3n) is 3.99. The molecule has 1 N–H and O–H groups in total. The third kappa shape index (κ3) is 3.68. The fourth-order valence-electron chi connectivity index (χ4n) is 2.39. The summed E-state index contributed by atoms with van der Waals surface area (Å²) in [5.41, 5.74) is 0.704. The maximum atomic E-state index is 12.5. The van der Waals surface area contributed by atoms with Crippen LogP contribution in [0.15, 0.2) is 24.4 Å². The van der Waals surface area contributed by atoms with E-state index in [9.17, 15) is 4.79 Å². The zero-order valence-corrected chi connectivity index (χ0v) is 14.9. The SMILES string of the molecule is CCc1ncc(CN(C)C(C)C(=O)Nc2ccc3c(c2)OCO3)s1. The molecule has 24 heavy (non-hydrogen) atoms. The number of carbonyl (C=O) groups is 1. The number of hydrogen-bond acceptors (Lipinski definition) is 6. The van der Waals surface area contributed by atoms with Crippen molar-refractivity contribution in [2.75, 3.05) is 19.2 Å². The smallest absolute Gasteiger partial charge is 0.241 e. The minimum absolute atomic E-state index is 0.0587. The molecule has 1 unspecified atom stereocenters. The van der Waals surface area contributed by atoms with Crippen LogP contribution in [-0.4, -0.2) is 35.7 Å². The van der Waals surface area contributed by atoms with Crippen LogP contribution in [0.1, 0.15) is 23.7 Å². The zero-order valence-electron chi connectivity index (χ0n) is 14.0. The Kier molecular flexibility index (Phi) is 5.01. The molecule has 6 nitrogen and oxygen atoms in total. The highest BCUT2D eigenvalue weighted by molar-refractivity contribution is 7.11. The van der Waals surface area contributed by atoms with Crippen molar-refractivity contribution >= 4 is 22.9 Å². The molecule has 0 aliphatic carbocycles. The Balaban J connectivity index is 1.59. The molecule has 1 aliphatic rings. The van der Waals surface area contributed by atoms with Gasteiger partial charge in [-0.2, -0.15) is 0 Å². The Labute approximate surface area is 145 Å². The van der Waals surface area contributed by atoms with Gasteiger partial charge in [-0.05, 0) is 32.5 Å². The molecule has 3 rings (SSSR count). The number of likely N-dealkylation sites (N-methyl/N-ethyl adjacent to an activating group) is 1. The minimum atomic E-state index is -0.261. The van der Waals surface area contributed by atoms with E-state index < -0.39 is 0 Å². The second-order valence-electron chi connectivity index (χ2n) is 5.72. The van der Waals surface area contributed by atoms with Crippen LogP contribution < -0.4 is 14.8 Å². The van der Waals surface area contributed by atoms with Crippen molar-refractivity contribution < 1.29 is 14.3 Å². The van der Waals surface area contributed by atoms with Crippen molar-refractivity contribution in [3.63, 3.8) is 0 Å². The van der Waals surface area contributed by atoms with Crippen molar-refractivity contribution in [2.24, 2.45) is 0 Å². The summed E-state index contributed by atoms with van der Waals surface area (Å²) in [6.45, 7) is 4.91. The van der Waals surface area contributed by atoms with E-state index in [0.717, 1.165) is 16.3 Å². The molecular formula is C17H21N3O3S. The lowest BCUT2D eigenvalue weighted by molar-refractivity contribution is -0.120. The summed E-state index contributed by atoms with van der Waals surface area (Å²) in [5.74, 6) is 1.30. The van der Waals surface area contributed by atoms with E-state index in [2.05, 4.69) is 17.2 Å². The van der Waals surface area contributed by atoms with Gasteiger partial charge in [-0.25, -0.2) is 4.98 Å². The van der Waals surface area contributed by atoms with Gasteiger partial charge in [0.25, 0.3) is 0 Å². The molecule has 1 aromatic carbocycles. The van der Waals surface area contributed by atoms with Crippen molar-refractivity contribution in [3.8, 4) is 11.5 Å². The predicted molar refractivity (Wildman–Crippen MR) is 93.6 cm³/mol. The number of aromatic nitrogens is 1. The average Bonchev–Trinajstić information content (AvgIpc) is 3.22. The maximum Gasteiger partial charge on any atom is 0.241 e. The summed E-state index contributed by atoms with van der Waals surface area (Å²) < 4.78 is 10.6. The average molecular weight is 347 g/mol. The highest BCUT2D eigenvalue weighted by Gasteiger charge is 2.20. The van der Waals surface area contributed by atoms with E-state index in [1.165, 1.54) is 0 Å². The highest BCUT2D eigenvalue weighted by atomic mass is 32.1. The summed E-state index contributed by atoms with van der Waals surface area (Å²) in [6, 6.07) is 5.14. The van der Waals surface area contributed by atoms with Crippen LogP contribution in [0.25, 0.3) is 0 Å². The first kappa shape index (κ1) is 16.7. The molecule has 2 heterocycles. The second-order valence-corrected chi connectivity index (χ2v) is 6.92. The van der Waals surface area contributed by atoms with E-state index in [-0.39, 0.29) is 18.7 Å². The summed E-state index contributed by atoms with van der Waals surface area (Å²) in [4.78, 5) is 20.0. The zero-order chi connectivity index (χ0) is 17.1. The number of benzene rings is 1. The molecule has 128 valence electrons. The van der Waals surface area contributed by atoms with Gasteiger partial charge < -0.3 is 14.8 Å². The molecule has 0 bridgehead atoms. The van der Waals surface area contributed by atoms with Gasteiger partial charge in [0.1, 0.15) is 0 Å². The van der Waals surface area contributed by atoms with Crippen LogP contribution in [-0.2, 0) is 17.8 Å². The number of amides is 1. The Morgan fingerprint density at radius 1 is 1.42 bits per heavy atom. The number of nitrogens with zero attached hydrogens (tertiary/aromatic N) is 2. The molecule has 7 heteroatoms.